The minimum Gasteiger partial charge on any atom is -0.257 e. The van der Waals surface area contributed by atoms with Crippen molar-refractivity contribution in [3.8, 4) is 0 Å². The summed E-state index contributed by atoms with van der Waals surface area (Å²) in [4.78, 5) is 0. The molecule has 1 aromatic heterocycles. The highest BCUT2D eigenvalue weighted by molar-refractivity contribution is 5.16. The van der Waals surface area contributed by atoms with Gasteiger partial charge in [0, 0.05) is 18.5 Å². The Kier molecular flexibility index (Phi) is 3.45. The van der Waals surface area contributed by atoms with Crippen molar-refractivity contribution in [1.82, 2.24) is 25.8 Å². The molecule has 0 bridgehead atoms. The van der Waals surface area contributed by atoms with E-state index in [1.165, 1.54) is 30.5 Å². The monoisotopic (exact) mass is 283 g/mol. The largest absolute Gasteiger partial charge is 0.257 e. The van der Waals surface area contributed by atoms with E-state index in [-0.39, 0.29) is 0 Å². The third-order valence-electron chi connectivity index (χ3n) is 4.88. The van der Waals surface area contributed by atoms with Crippen molar-refractivity contribution < 1.29 is 0 Å². The predicted octanol–water partition coefficient (Wildman–Crippen LogP) is 1.69. The fourth-order valence-corrected chi connectivity index (χ4v) is 3.73. The average Bonchev–Trinajstić information content (AvgIpc) is 3.16. The van der Waals surface area contributed by atoms with Crippen LogP contribution in [-0.2, 0) is 6.54 Å². The third kappa shape index (κ3) is 2.59. The van der Waals surface area contributed by atoms with Gasteiger partial charge in [0.2, 0.25) is 0 Å². The Morgan fingerprint density at radius 2 is 2.10 bits per heavy atom. The molecule has 21 heavy (non-hydrogen) atoms. The molecule has 1 saturated heterocycles. The van der Waals surface area contributed by atoms with E-state index in [9.17, 15) is 0 Å². The summed E-state index contributed by atoms with van der Waals surface area (Å²) >= 11 is 0. The van der Waals surface area contributed by atoms with Gasteiger partial charge in [-0.1, -0.05) is 35.5 Å². The van der Waals surface area contributed by atoms with Crippen LogP contribution in [0.25, 0.3) is 0 Å². The van der Waals surface area contributed by atoms with Crippen LogP contribution in [0.15, 0.2) is 36.5 Å². The SMILES string of the molecule is c1ccc(Cn2nncc2C2CCC3NNCC3C2)cc1. The fraction of sp³-hybridized carbons (Fsp3) is 0.500. The fourth-order valence-electron chi connectivity index (χ4n) is 3.73. The molecule has 2 aromatic rings. The van der Waals surface area contributed by atoms with Gasteiger partial charge in [0.1, 0.15) is 0 Å². The molecule has 0 radical (unpaired) electrons. The van der Waals surface area contributed by atoms with Gasteiger partial charge in [-0.3, -0.25) is 10.9 Å². The van der Waals surface area contributed by atoms with E-state index in [0.717, 1.165) is 19.0 Å². The molecule has 1 aliphatic heterocycles. The van der Waals surface area contributed by atoms with Crippen LogP contribution in [-0.4, -0.2) is 27.6 Å². The smallest absolute Gasteiger partial charge is 0.0728 e. The van der Waals surface area contributed by atoms with E-state index in [4.69, 9.17) is 0 Å². The highest BCUT2D eigenvalue weighted by Gasteiger charge is 2.35. The molecule has 2 N–H and O–H groups in total. The molecule has 4 rings (SSSR count). The average molecular weight is 283 g/mol. The molecular weight excluding hydrogens is 262 g/mol. The minimum absolute atomic E-state index is 0.590. The zero-order valence-electron chi connectivity index (χ0n) is 12.1. The van der Waals surface area contributed by atoms with E-state index in [2.05, 4.69) is 50.1 Å². The van der Waals surface area contributed by atoms with Crippen LogP contribution in [0.5, 0.6) is 0 Å². The molecule has 0 amide bonds. The van der Waals surface area contributed by atoms with Gasteiger partial charge in [-0.05, 0) is 30.7 Å². The van der Waals surface area contributed by atoms with E-state index in [0.29, 0.717) is 12.0 Å². The summed E-state index contributed by atoms with van der Waals surface area (Å²) in [5, 5.41) is 8.47. The topological polar surface area (TPSA) is 54.8 Å². The zero-order chi connectivity index (χ0) is 14.1. The van der Waals surface area contributed by atoms with Crippen LogP contribution in [0.4, 0.5) is 0 Å². The number of nitrogens with one attached hydrogen (secondary N) is 2. The lowest BCUT2D eigenvalue weighted by Gasteiger charge is -2.30. The molecule has 3 atom stereocenters. The standard InChI is InChI=1S/C16H21N5/c1-2-4-12(5-3-1)11-21-16(10-18-20-21)13-6-7-15-14(8-13)9-17-19-15/h1-5,10,13-15,17,19H,6-9,11H2. The van der Waals surface area contributed by atoms with E-state index >= 15 is 0 Å². The van der Waals surface area contributed by atoms with Gasteiger partial charge in [0.25, 0.3) is 0 Å². The summed E-state index contributed by atoms with van der Waals surface area (Å²) in [6.07, 6.45) is 5.65. The number of benzene rings is 1. The molecule has 1 saturated carbocycles. The molecule has 1 aromatic carbocycles. The van der Waals surface area contributed by atoms with Crippen LogP contribution >= 0.6 is 0 Å². The maximum Gasteiger partial charge on any atom is 0.0728 e. The van der Waals surface area contributed by atoms with Crippen molar-refractivity contribution in [3.05, 3.63) is 47.8 Å². The van der Waals surface area contributed by atoms with E-state index in [1.54, 1.807) is 0 Å². The molecule has 3 unspecified atom stereocenters. The molecule has 5 heteroatoms. The Labute approximate surface area is 124 Å². The Morgan fingerprint density at radius 1 is 1.19 bits per heavy atom. The van der Waals surface area contributed by atoms with Gasteiger partial charge in [-0.15, -0.1) is 5.10 Å². The van der Waals surface area contributed by atoms with Crippen LogP contribution in [0.1, 0.15) is 36.4 Å². The number of hydrogen-bond donors (Lipinski definition) is 2. The van der Waals surface area contributed by atoms with Crippen molar-refractivity contribution in [2.45, 2.75) is 37.8 Å². The maximum atomic E-state index is 4.31. The molecule has 5 nitrogen and oxygen atoms in total. The second-order valence-corrected chi connectivity index (χ2v) is 6.20. The summed E-state index contributed by atoms with van der Waals surface area (Å²) in [6.45, 7) is 1.90. The van der Waals surface area contributed by atoms with Crippen LogP contribution < -0.4 is 10.9 Å². The predicted molar refractivity (Wildman–Crippen MR) is 80.6 cm³/mol. The zero-order valence-corrected chi connectivity index (χ0v) is 12.1. The minimum atomic E-state index is 0.590. The molecule has 1 aliphatic carbocycles. The lowest BCUT2D eigenvalue weighted by atomic mass is 9.78. The van der Waals surface area contributed by atoms with Crippen molar-refractivity contribution in [2.75, 3.05) is 6.54 Å². The van der Waals surface area contributed by atoms with Crippen LogP contribution in [0.3, 0.4) is 0 Å². The number of hydrazine groups is 1. The number of rotatable bonds is 3. The van der Waals surface area contributed by atoms with Crippen LogP contribution in [0.2, 0.25) is 0 Å². The number of aromatic nitrogens is 3. The summed E-state index contributed by atoms with van der Waals surface area (Å²) in [5.41, 5.74) is 9.26. The quantitative estimate of drug-likeness (QED) is 0.900. The number of hydrogen-bond acceptors (Lipinski definition) is 4. The molecule has 2 fully saturated rings. The number of fused-ring (bicyclic) bond motifs is 1. The highest BCUT2D eigenvalue weighted by atomic mass is 15.4. The molecule has 2 heterocycles. The van der Waals surface area contributed by atoms with E-state index in [1.807, 2.05) is 12.3 Å². The number of nitrogens with zero attached hydrogens (tertiary/aromatic N) is 3. The first-order valence-corrected chi connectivity index (χ1v) is 7.81. The van der Waals surface area contributed by atoms with Crippen molar-refractivity contribution in [2.24, 2.45) is 5.92 Å². The lowest BCUT2D eigenvalue weighted by molar-refractivity contribution is 0.294. The lowest BCUT2D eigenvalue weighted by Crippen LogP contribution is -2.35. The summed E-state index contributed by atoms with van der Waals surface area (Å²) in [7, 11) is 0. The van der Waals surface area contributed by atoms with Gasteiger partial charge in [0.05, 0.1) is 18.4 Å². The molecule has 2 aliphatic rings. The highest BCUT2D eigenvalue weighted by Crippen LogP contribution is 2.37. The Bertz CT molecular complexity index is 594. The van der Waals surface area contributed by atoms with E-state index < -0.39 is 0 Å². The molecule has 0 spiro atoms. The summed E-state index contributed by atoms with van der Waals surface area (Å²) in [5.74, 6) is 1.33. The van der Waals surface area contributed by atoms with Gasteiger partial charge in [-0.25, -0.2) is 4.68 Å². The Hall–Kier alpha value is -1.72. The normalized spacial score (nSPS) is 28.5. The van der Waals surface area contributed by atoms with Gasteiger partial charge < -0.3 is 0 Å². The first-order valence-electron chi connectivity index (χ1n) is 7.81. The second-order valence-electron chi connectivity index (χ2n) is 6.20. The Balaban J connectivity index is 1.52. The molecule has 110 valence electrons. The van der Waals surface area contributed by atoms with Gasteiger partial charge in [-0.2, -0.15) is 0 Å². The van der Waals surface area contributed by atoms with Crippen LogP contribution in [0, 0.1) is 5.92 Å². The van der Waals surface area contributed by atoms with Crippen molar-refractivity contribution >= 4 is 0 Å². The summed E-state index contributed by atoms with van der Waals surface area (Å²) < 4.78 is 2.08. The maximum absolute atomic E-state index is 4.31. The first-order chi connectivity index (χ1) is 10.4. The third-order valence-corrected chi connectivity index (χ3v) is 4.88. The van der Waals surface area contributed by atoms with Crippen molar-refractivity contribution in [3.63, 3.8) is 0 Å². The second kappa shape index (κ2) is 5.58. The van der Waals surface area contributed by atoms with Crippen molar-refractivity contribution in [1.29, 1.82) is 0 Å². The van der Waals surface area contributed by atoms with Gasteiger partial charge >= 0.3 is 0 Å². The first kappa shape index (κ1) is 13.0. The Morgan fingerprint density at radius 3 is 3.00 bits per heavy atom. The summed E-state index contributed by atoms with van der Waals surface area (Å²) in [6, 6.07) is 11.1. The molecular formula is C16H21N5. The van der Waals surface area contributed by atoms with Gasteiger partial charge in [0.15, 0.2) is 0 Å².